The minimum Gasteiger partial charge on any atom is -0.432 e. The Labute approximate surface area is 171 Å². The van der Waals surface area contributed by atoms with Gasteiger partial charge in [-0.15, -0.1) is 0 Å². The van der Waals surface area contributed by atoms with E-state index in [0.717, 1.165) is 24.8 Å². The fraction of sp³-hybridized carbons (Fsp3) is 0.286. The summed E-state index contributed by atoms with van der Waals surface area (Å²) in [5, 5.41) is 11.8. The molecule has 5 rings (SSSR count). The van der Waals surface area contributed by atoms with Gasteiger partial charge in [0.25, 0.3) is 5.69 Å². The summed E-state index contributed by atoms with van der Waals surface area (Å²) in [5.74, 6) is 1.17. The van der Waals surface area contributed by atoms with Crippen molar-refractivity contribution in [1.29, 1.82) is 0 Å². The van der Waals surface area contributed by atoms with Crippen LogP contribution in [-0.2, 0) is 4.74 Å². The van der Waals surface area contributed by atoms with Gasteiger partial charge in [-0.25, -0.2) is 15.0 Å². The summed E-state index contributed by atoms with van der Waals surface area (Å²) in [7, 11) is 1.72. The van der Waals surface area contributed by atoms with Crippen LogP contribution in [0.25, 0.3) is 33.6 Å². The van der Waals surface area contributed by atoms with Crippen LogP contribution in [0.2, 0.25) is 0 Å². The largest absolute Gasteiger partial charge is 0.432 e. The van der Waals surface area contributed by atoms with Crippen LogP contribution in [0.15, 0.2) is 47.0 Å². The molecule has 9 heteroatoms. The molecule has 0 amide bonds. The first-order valence-electron chi connectivity index (χ1n) is 9.72. The number of hydrogen-bond donors (Lipinski definition) is 0. The standard InChI is InChI=1S/C21H19N5O4/c1-29-15-4-3-11-25(12-15)20-18-17(16-5-2-10-22-21(16)30-18)23-19(24-20)13-6-8-14(9-7-13)26(27)28/h2,5-10,15H,3-4,11-12H2,1H3. The first-order chi connectivity index (χ1) is 14.6. The van der Waals surface area contributed by atoms with E-state index in [-0.39, 0.29) is 11.8 Å². The third-order valence-corrected chi connectivity index (χ3v) is 5.42. The lowest BCUT2D eigenvalue weighted by atomic mass is 10.1. The molecule has 1 aliphatic rings. The molecule has 0 bridgehead atoms. The van der Waals surface area contributed by atoms with Gasteiger partial charge in [0.15, 0.2) is 17.2 Å². The number of non-ortho nitro benzene ring substituents is 1. The molecule has 0 radical (unpaired) electrons. The highest BCUT2D eigenvalue weighted by Crippen LogP contribution is 2.35. The average molecular weight is 405 g/mol. The summed E-state index contributed by atoms with van der Waals surface area (Å²) >= 11 is 0. The molecule has 30 heavy (non-hydrogen) atoms. The summed E-state index contributed by atoms with van der Waals surface area (Å²) in [5.41, 5.74) is 2.49. The minimum atomic E-state index is -0.423. The van der Waals surface area contributed by atoms with Gasteiger partial charge in [-0.05, 0) is 37.1 Å². The van der Waals surface area contributed by atoms with Crippen molar-refractivity contribution in [3.63, 3.8) is 0 Å². The first-order valence-corrected chi connectivity index (χ1v) is 9.72. The number of benzene rings is 1. The minimum absolute atomic E-state index is 0.0250. The summed E-state index contributed by atoms with van der Waals surface area (Å²) in [6, 6.07) is 10.00. The maximum atomic E-state index is 11.0. The number of rotatable bonds is 4. The van der Waals surface area contributed by atoms with Gasteiger partial charge in [-0.3, -0.25) is 10.1 Å². The van der Waals surface area contributed by atoms with Crippen LogP contribution in [0.4, 0.5) is 11.5 Å². The summed E-state index contributed by atoms with van der Waals surface area (Å²) in [6.07, 6.45) is 3.78. The Kier molecular flexibility index (Phi) is 4.51. The molecule has 0 saturated carbocycles. The lowest BCUT2D eigenvalue weighted by Crippen LogP contribution is -2.39. The van der Waals surface area contributed by atoms with Crippen LogP contribution in [0.3, 0.4) is 0 Å². The Morgan fingerprint density at radius 1 is 1.23 bits per heavy atom. The number of hydrogen-bond acceptors (Lipinski definition) is 8. The number of piperidine rings is 1. The van der Waals surface area contributed by atoms with Gasteiger partial charge in [0.2, 0.25) is 5.71 Å². The predicted molar refractivity (Wildman–Crippen MR) is 111 cm³/mol. The topological polar surface area (TPSA) is 107 Å². The molecule has 152 valence electrons. The molecule has 1 aromatic carbocycles. The van der Waals surface area contributed by atoms with E-state index in [2.05, 4.69) is 9.88 Å². The lowest BCUT2D eigenvalue weighted by molar-refractivity contribution is -0.384. The molecule has 0 aliphatic carbocycles. The molecule has 1 aliphatic heterocycles. The zero-order valence-electron chi connectivity index (χ0n) is 16.3. The molecule has 0 N–H and O–H groups in total. The first kappa shape index (κ1) is 18.4. The maximum Gasteiger partial charge on any atom is 0.269 e. The van der Waals surface area contributed by atoms with Gasteiger partial charge >= 0.3 is 0 Å². The zero-order valence-corrected chi connectivity index (χ0v) is 16.3. The van der Waals surface area contributed by atoms with Crippen molar-refractivity contribution in [3.8, 4) is 11.4 Å². The van der Waals surface area contributed by atoms with Crippen molar-refractivity contribution in [2.75, 3.05) is 25.1 Å². The number of furan rings is 1. The molecular weight excluding hydrogens is 386 g/mol. The SMILES string of the molecule is COC1CCCN(c2nc(-c3ccc([N+](=O)[O-])cc3)nc3c2oc2ncccc23)C1. The normalized spacial score (nSPS) is 17.0. The molecule has 3 aromatic heterocycles. The predicted octanol–water partition coefficient (Wildman–Crippen LogP) is 3.96. The molecular formula is C21H19N5O4. The quantitative estimate of drug-likeness (QED) is 0.371. The van der Waals surface area contributed by atoms with Gasteiger partial charge in [-0.1, -0.05) is 0 Å². The smallest absolute Gasteiger partial charge is 0.269 e. The number of nitrogens with zero attached hydrogens (tertiary/aromatic N) is 5. The van der Waals surface area contributed by atoms with Crippen molar-refractivity contribution in [1.82, 2.24) is 15.0 Å². The van der Waals surface area contributed by atoms with Crippen molar-refractivity contribution in [3.05, 3.63) is 52.7 Å². The van der Waals surface area contributed by atoms with Gasteiger partial charge in [0, 0.05) is 44.1 Å². The van der Waals surface area contributed by atoms with Crippen molar-refractivity contribution >= 4 is 33.7 Å². The van der Waals surface area contributed by atoms with Crippen LogP contribution in [-0.4, -0.2) is 46.2 Å². The number of fused-ring (bicyclic) bond motifs is 3. The van der Waals surface area contributed by atoms with Gasteiger partial charge in [0.1, 0.15) is 5.52 Å². The van der Waals surface area contributed by atoms with Crippen molar-refractivity contribution in [2.45, 2.75) is 18.9 Å². The zero-order chi connectivity index (χ0) is 20.7. The Bertz CT molecular complexity index is 1240. The van der Waals surface area contributed by atoms with Gasteiger partial charge in [-0.2, -0.15) is 0 Å². The fourth-order valence-corrected chi connectivity index (χ4v) is 3.86. The monoisotopic (exact) mass is 405 g/mol. The highest BCUT2D eigenvalue weighted by atomic mass is 16.6. The molecule has 1 fully saturated rings. The second-order valence-corrected chi connectivity index (χ2v) is 7.26. The summed E-state index contributed by atoms with van der Waals surface area (Å²) in [4.78, 5) is 26.6. The van der Waals surface area contributed by atoms with E-state index < -0.39 is 4.92 Å². The highest BCUT2D eigenvalue weighted by molar-refractivity contribution is 6.05. The van der Waals surface area contributed by atoms with Crippen molar-refractivity contribution in [2.24, 2.45) is 0 Å². The molecule has 0 spiro atoms. The van der Waals surface area contributed by atoms with Gasteiger partial charge < -0.3 is 14.1 Å². The number of aromatic nitrogens is 3. The molecule has 4 aromatic rings. The Balaban J connectivity index is 1.70. The second kappa shape index (κ2) is 7.34. The van der Waals surface area contributed by atoms with Crippen LogP contribution >= 0.6 is 0 Å². The number of nitro groups is 1. The summed E-state index contributed by atoms with van der Waals surface area (Å²) < 4.78 is 11.6. The Hall–Kier alpha value is -3.59. The van der Waals surface area contributed by atoms with Crippen LogP contribution < -0.4 is 4.90 Å². The van der Waals surface area contributed by atoms with E-state index >= 15 is 0 Å². The van der Waals surface area contributed by atoms with E-state index in [1.165, 1.54) is 12.1 Å². The molecule has 9 nitrogen and oxygen atoms in total. The van der Waals surface area contributed by atoms with E-state index in [4.69, 9.17) is 19.1 Å². The number of methoxy groups -OCH3 is 1. The Morgan fingerprint density at radius 3 is 2.83 bits per heavy atom. The van der Waals surface area contributed by atoms with Crippen molar-refractivity contribution < 1.29 is 14.1 Å². The lowest BCUT2D eigenvalue weighted by Gasteiger charge is -2.32. The molecule has 1 atom stereocenters. The van der Waals surface area contributed by atoms with Crippen LogP contribution in [0, 0.1) is 10.1 Å². The number of nitro benzene ring substituents is 1. The van der Waals surface area contributed by atoms with Crippen LogP contribution in [0.5, 0.6) is 0 Å². The van der Waals surface area contributed by atoms with E-state index in [0.29, 0.717) is 40.6 Å². The third kappa shape index (κ3) is 3.13. The highest BCUT2D eigenvalue weighted by Gasteiger charge is 2.26. The van der Waals surface area contributed by atoms with E-state index in [9.17, 15) is 10.1 Å². The molecule has 1 saturated heterocycles. The molecule has 1 unspecified atom stereocenters. The van der Waals surface area contributed by atoms with Crippen LogP contribution in [0.1, 0.15) is 12.8 Å². The number of pyridine rings is 1. The average Bonchev–Trinajstić information content (AvgIpc) is 3.17. The van der Waals surface area contributed by atoms with E-state index in [1.807, 2.05) is 12.1 Å². The molecule has 4 heterocycles. The summed E-state index contributed by atoms with van der Waals surface area (Å²) in [6.45, 7) is 1.53. The van der Waals surface area contributed by atoms with E-state index in [1.54, 1.807) is 25.4 Å². The fourth-order valence-electron chi connectivity index (χ4n) is 3.86. The van der Waals surface area contributed by atoms with Gasteiger partial charge in [0.05, 0.1) is 16.4 Å². The maximum absolute atomic E-state index is 11.0. The number of anilines is 1. The second-order valence-electron chi connectivity index (χ2n) is 7.26. The third-order valence-electron chi connectivity index (χ3n) is 5.42. The Morgan fingerprint density at radius 2 is 2.07 bits per heavy atom. The number of ether oxygens (including phenoxy) is 1.